The highest BCUT2D eigenvalue weighted by atomic mass is 32.2. The SMILES string of the molecule is O=[SH](=O)C1CCOC1. The topological polar surface area (TPSA) is 43.4 Å². The lowest BCUT2D eigenvalue weighted by atomic mass is 10.4. The zero-order chi connectivity index (χ0) is 5.98. The van der Waals surface area contributed by atoms with E-state index in [1.54, 1.807) is 0 Å². The molecule has 0 bridgehead atoms. The number of ether oxygens (including phenoxy) is 1. The maximum absolute atomic E-state index is 10.2. The molecule has 0 radical (unpaired) electrons. The van der Waals surface area contributed by atoms with E-state index in [-0.39, 0.29) is 5.25 Å². The van der Waals surface area contributed by atoms with Crippen LogP contribution in [0.25, 0.3) is 0 Å². The van der Waals surface area contributed by atoms with Gasteiger partial charge in [-0.2, -0.15) is 0 Å². The summed E-state index contributed by atoms with van der Waals surface area (Å²) < 4.78 is 25.2. The van der Waals surface area contributed by atoms with Crippen LogP contribution in [-0.4, -0.2) is 26.9 Å². The third-order valence-corrected chi connectivity index (χ3v) is 2.21. The van der Waals surface area contributed by atoms with Crippen molar-refractivity contribution in [1.29, 1.82) is 0 Å². The monoisotopic (exact) mass is 136 g/mol. The maximum atomic E-state index is 10.2. The predicted molar refractivity (Wildman–Crippen MR) is 29.5 cm³/mol. The highest BCUT2D eigenvalue weighted by Gasteiger charge is 2.17. The lowest BCUT2D eigenvalue weighted by molar-refractivity contribution is 0.198. The summed E-state index contributed by atoms with van der Waals surface area (Å²) in [7, 11) is -2.23. The van der Waals surface area contributed by atoms with E-state index < -0.39 is 10.7 Å². The summed E-state index contributed by atoms with van der Waals surface area (Å²) in [5, 5.41) is -0.204. The Balaban J connectivity index is 2.47. The van der Waals surface area contributed by atoms with Crippen molar-refractivity contribution in [2.24, 2.45) is 0 Å². The summed E-state index contributed by atoms with van der Waals surface area (Å²) in [4.78, 5) is 0. The molecular weight excluding hydrogens is 128 g/mol. The molecule has 0 amide bonds. The molecule has 0 aromatic heterocycles. The van der Waals surface area contributed by atoms with Gasteiger partial charge in [-0.3, -0.25) is 0 Å². The van der Waals surface area contributed by atoms with Gasteiger partial charge in [-0.15, -0.1) is 0 Å². The highest BCUT2D eigenvalue weighted by molar-refractivity contribution is 7.73. The van der Waals surface area contributed by atoms with Gasteiger partial charge in [-0.1, -0.05) is 0 Å². The number of rotatable bonds is 1. The minimum Gasteiger partial charge on any atom is -0.380 e. The van der Waals surface area contributed by atoms with Crippen molar-refractivity contribution in [2.45, 2.75) is 11.7 Å². The van der Waals surface area contributed by atoms with E-state index in [0.717, 1.165) is 0 Å². The third-order valence-electron chi connectivity index (χ3n) is 1.20. The van der Waals surface area contributed by atoms with Gasteiger partial charge in [-0.25, -0.2) is 8.42 Å². The summed E-state index contributed by atoms with van der Waals surface area (Å²) >= 11 is 0. The normalized spacial score (nSPS) is 29.4. The van der Waals surface area contributed by atoms with Crippen LogP contribution in [0.5, 0.6) is 0 Å². The highest BCUT2D eigenvalue weighted by Crippen LogP contribution is 2.05. The minimum atomic E-state index is -2.23. The lowest BCUT2D eigenvalue weighted by Crippen LogP contribution is -2.07. The van der Waals surface area contributed by atoms with Gasteiger partial charge in [0.15, 0.2) is 0 Å². The second kappa shape index (κ2) is 2.46. The molecule has 1 aliphatic rings. The van der Waals surface area contributed by atoms with E-state index in [4.69, 9.17) is 4.74 Å². The molecule has 1 saturated heterocycles. The van der Waals surface area contributed by atoms with Crippen LogP contribution in [0, 0.1) is 0 Å². The zero-order valence-corrected chi connectivity index (χ0v) is 5.27. The smallest absolute Gasteiger partial charge is 0.145 e. The van der Waals surface area contributed by atoms with E-state index in [9.17, 15) is 8.42 Å². The Morgan fingerprint density at radius 1 is 1.50 bits per heavy atom. The van der Waals surface area contributed by atoms with Crippen molar-refractivity contribution in [3.05, 3.63) is 0 Å². The van der Waals surface area contributed by atoms with Crippen LogP contribution < -0.4 is 0 Å². The molecule has 0 N–H and O–H groups in total. The first-order valence-corrected chi connectivity index (χ1v) is 3.76. The van der Waals surface area contributed by atoms with Crippen molar-refractivity contribution in [3.8, 4) is 0 Å². The molecule has 0 spiro atoms. The van der Waals surface area contributed by atoms with Crippen LogP contribution in [0.4, 0.5) is 0 Å². The second-order valence-electron chi connectivity index (χ2n) is 1.80. The Morgan fingerprint density at radius 3 is 2.50 bits per heavy atom. The maximum Gasteiger partial charge on any atom is 0.145 e. The van der Waals surface area contributed by atoms with Crippen LogP contribution in [-0.2, 0) is 15.4 Å². The Bertz CT molecular complexity index is 126. The molecular formula is C4H8O3S. The summed E-state index contributed by atoms with van der Waals surface area (Å²) in [6, 6.07) is 0. The van der Waals surface area contributed by atoms with Crippen molar-refractivity contribution < 1.29 is 13.2 Å². The molecule has 48 valence electrons. The van der Waals surface area contributed by atoms with E-state index in [0.29, 0.717) is 19.6 Å². The Labute approximate surface area is 49.6 Å². The van der Waals surface area contributed by atoms with Gasteiger partial charge >= 0.3 is 0 Å². The predicted octanol–water partition coefficient (Wildman–Crippen LogP) is -0.613. The van der Waals surface area contributed by atoms with Gasteiger partial charge in [0, 0.05) is 6.61 Å². The molecule has 1 rings (SSSR count). The number of hydrogen-bond acceptors (Lipinski definition) is 3. The molecule has 0 saturated carbocycles. The van der Waals surface area contributed by atoms with Gasteiger partial charge in [-0.05, 0) is 6.42 Å². The van der Waals surface area contributed by atoms with Gasteiger partial charge in [0.1, 0.15) is 10.7 Å². The molecule has 1 aliphatic heterocycles. The Kier molecular flexibility index (Phi) is 1.85. The average molecular weight is 136 g/mol. The van der Waals surface area contributed by atoms with Gasteiger partial charge < -0.3 is 4.74 Å². The van der Waals surface area contributed by atoms with E-state index in [1.165, 1.54) is 0 Å². The fraction of sp³-hybridized carbons (Fsp3) is 1.00. The second-order valence-corrected chi connectivity index (χ2v) is 3.10. The standard InChI is InChI=1S/C4H8O3S/c5-8(6)4-1-2-7-3-4/h4,8H,1-3H2. The first-order chi connectivity index (χ1) is 3.80. The fourth-order valence-corrected chi connectivity index (χ4v) is 1.23. The third kappa shape index (κ3) is 1.20. The zero-order valence-electron chi connectivity index (χ0n) is 4.37. The Morgan fingerprint density at radius 2 is 2.25 bits per heavy atom. The molecule has 1 heterocycles. The van der Waals surface area contributed by atoms with Crippen LogP contribution in [0.15, 0.2) is 0 Å². The first-order valence-electron chi connectivity index (χ1n) is 2.52. The van der Waals surface area contributed by atoms with Crippen molar-refractivity contribution >= 4 is 10.7 Å². The van der Waals surface area contributed by atoms with Crippen LogP contribution in [0.1, 0.15) is 6.42 Å². The first kappa shape index (κ1) is 6.04. The van der Waals surface area contributed by atoms with Crippen molar-refractivity contribution in [2.75, 3.05) is 13.2 Å². The van der Waals surface area contributed by atoms with E-state index >= 15 is 0 Å². The molecule has 0 aromatic carbocycles. The number of thiol groups is 1. The van der Waals surface area contributed by atoms with Gasteiger partial charge in [0.05, 0.1) is 11.9 Å². The molecule has 4 heteroatoms. The summed E-state index contributed by atoms with van der Waals surface area (Å²) in [5.74, 6) is 0. The molecule has 3 nitrogen and oxygen atoms in total. The molecule has 0 aromatic rings. The quantitative estimate of drug-likeness (QED) is 0.489. The molecule has 1 unspecified atom stereocenters. The van der Waals surface area contributed by atoms with Crippen molar-refractivity contribution in [3.63, 3.8) is 0 Å². The van der Waals surface area contributed by atoms with Crippen LogP contribution >= 0.6 is 0 Å². The lowest BCUT2D eigenvalue weighted by Gasteiger charge is -1.90. The number of hydrogen-bond donors (Lipinski definition) is 1. The Hall–Kier alpha value is -0.0900. The average Bonchev–Trinajstić information content (AvgIpc) is 2.12. The molecule has 8 heavy (non-hydrogen) atoms. The van der Waals surface area contributed by atoms with Gasteiger partial charge in [0.2, 0.25) is 0 Å². The van der Waals surface area contributed by atoms with E-state index in [1.807, 2.05) is 0 Å². The molecule has 1 atom stereocenters. The molecule has 0 aliphatic carbocycles. The van der Waals surface area contributed by atoms with E-state index in [2.05, 4.69) is 0 Å². The van der Waals surface area contributed by atoms with Gasteiger partial charge in [0.25, 0.3) is 0 Å². The fourth-order valence-electron chi connectivity index (χ4n) is 0.688. The summed E-state index contributed by atoms with van der Waals surface area (Å²) in [6.45, 7) is 1.01. The van der Waals surface area contributed by atoms with Crippen LogP contribution in [0.3, 0.4) is 0 Å². The molecule has 1 fully saturated rings. The minimum absolute atomic E-state index is 0.204. The summed E-state index contributed by atoms with van der Waals surface area (Å²) in [6.07, 6.45) is 0.679. The van der Waals surface area contributed by atoms with Crippen molar-refractivity contribution in [1.82, 2.24) is 0 Å². The summed E-state index contributed by atoms with van der Waals surface area (Å²) in [5.41, 5.74) is 0. The largest absolute Gasteiger partial charge is 0.380 e. The van der Waals surface area contributed by atoms with Crippen LogP contribution in [0.2, 0.25) is 0 Å².